The molecule has 0 aliphatic heterocycles. The monoisotopic (exact) mass is 324 g/mol. The van der Waals surface area contributed by atoms with Crippen LogP contribution < -0.4 is 0 Å². The average Bonchev–Trinajstić information content (AvgIpc) is 1.99. The molecule has 0 saturated carbocycles. The molecule has 0 unspecified atom stereocenters. The first-order valence-electron chi connectivity index (χ1n) is 3.06. The zero-order chi connectivity index (χ0) is 10.2. The number of hydrogen-bond acceptors (Lipinski definition) is 0. The average molecular weight is 324 g/mol. The van der Waals surface area contributed by atoms with Crippen LogP contribution in [0.1, 0.15) is 12.0 Å². The molecule has 0 atom stereocenters. The van der Waals surface area contributed by atoms with Crippen LogP contribution in [-0.4, -0.2) is 0 Å². The molecule has 0 amide bonds. The van der Waals surface area contributed by atoms with Crippen molar-refractivity contribution in [1.82, 2.24) is 0 Å². The van der Waals surface area contributed by atoms with Crippen molar-refractivity contribution < 1.29 is 17.6 Å². The van der Waals surface area contributed by atoms with Gasteiger partial charge >= 0.3 is 0 Å². The Balaban J connectivity index is 3.44. The SMILES string of the molecule is Fc1cc(Cl)c(C(F)F)c(F)c1I. The van der Waals surface area contributed by atoms with E-state index in [1.165, 1.54) is 22.6 Å². The fourth-order valence-electron chi connectivity index (χ4n) is 0.780. The van der Waals surface area contributed by atoms with Gasteiger partial charge in [-0.05, 0) is 28.7 Å². The first-order valence-corrected chi connectivity index (χ1v) is 4.52. The van der Waals surface area contributed by atoms with Crippen molar-refractivity contribution in [3.63, 3.8) is 0 Å². The second-order valence-corrected chi connectivity index (χ2v) is 3.67. The molecular formula is C7H2ClF4I. The van der Waals surface area contributed by atoms with Crippen LogP contribution in [0.5, 0.6) is 0 Å². The molecule has 0 spiro atoms. The maximum Gasteiger partial charge on any atom is 0.268 e. The van der Waals surface area contributed by atoms with Gasteiger partial charge in [-0.3, -0.25) is 0 Å². The van der Waals surface area contributed by atoms with Crippen molar-refractivity contribution in [3.8, 4) is 0 Å². The van der Waals surface area contributed by atoms with Gasteiger partial charge in [0.05, 0.1) is 14.2 Å². The van der Waals surface area contributed by atoms with E-state index < -0.39 is 32.2 Å². The Morgan fingerprint density at radius 1 is 1.31 bits per heavy atom. The third kappa shape index (κ3) is 2.07. The molecule has 1 aromatic rings. The molecule has 0 aliphatic rings. The highest BCUT2D eigenvalue weighted by atomic mass is 127. The summed E-state index contributed by atoms with van der Waals surface area (Å²) in [7, 11) is 0. The molecule has 0 nitrogen and oxygen atoms in total. The van der Waals surface area contributed by atoms with E-state index in [-0.39, 0.29) is 0 Å². The molecule has 0 aliphatic carbocycles. The van der Waals surface area contributed by atoms with E-state index in [2.05, 4.69) is 0 Å². The summed E-state index contributed by atoms with van der Waals surface area (Å²) >= 11 is 6.54. The molecule has 13 heavy (non-hydrogen) atoms. The lowest BCUT2D eigenvalue weighted by Crippen LogP contribution is -1.98. The third-order valence-electron chi connectivity index (χ3n) is 1.37. The predicted molar refractivity (Wildman–Crippen MR) is 49.0 cm³/mol. The molecule has 0 saturated heterocycles. The molecule has 1 aromatic carbocycles. The highest BCUT2D eigenvalue weighted by Gasteiger charge is 2.22. The smallest absolute Gasteiger partial charge is 0.206 e. The van der Waals surface area contributed by atoms with Crippen LogP contribution in [0.25, 0.3) is 0 Å². The molecule has 72 valence electrons. The Morgan fingerprint density at radius 2 is 1.85 bits per heavy atom. The fraction of sp³-hybridized carbons (Fsp3) is 0.143. The third-order valence-corrected chi connectivity index (χ3v) is 2.67. The van der Waals surface area contributed by atoms with Crippen LogP contribution in [-0.2, 0) is 0 Å². The zero-order valence-electron chi connectivity index (χ0n) is 5.92. The summed E-state index contributed by atoms with van der Waals surface area (Å²) in [5, 5.41) is -0.592. The highest BCUT2D eigenvalue weighted by Crippen LogP contribution is 2.33. The van der Waals surface area contributed by atoms with Crippen LogP contribution in [0.4, 0.5) is 17.6 Å². The van der Waals surface area contributed by atoms with E-state index in [1.807, 2.05) is 0 Å². The van der Waals surface area contributed by atoms with Crippen LogP contribution in [0, 0.1) is 15.2 Å². The molecule has 0 radical (unpaired) electrons. The summed E-state index contributed by atoms with van der Waals surface area (Å²) in [6.07, 6.45) is -3.04. The summed E-state index contributed by atoms with van der Waals surface area (Å²) in [6.45, 7) is 0. The molecule has 0 fully saturated rings. The van der Waals surface area contributed by atoms with Gasteiger partial charge in [0, 0.05) is 0 Å². The first-order chi connectivity index (χ1) is 5.95. The van der Waals surface area contributed by atoms with Gasteiger partial charge in [0.1, 0.15) is 11.6 Å². The largest absolute Gasteiger partial charge is 0.268 e. The van der Waals surface area contributed by atoms with Crippen molar-refractivity contribution in [1.29, 1.82) is 0 Å². The topological polar surface area (TPSA) is 0 Å². The van der Waals surface area contributed by atoms with Crippen LogP contribution in [0.15, 0.2) is 6.07 Å². The zero-order valence-corrected chi connectivity index (χ0v) is 8.84. The summed E-state index contributed by atoms with van der Waals surface area (Å²) in [5.74, 6) is -2.23. The van der Waals surface area contributed by atoms with Crippen LogP contribution >= 0.6 is 34.2 Å². The van der Waals surface area contributed by atoms with Gasteiger partial charge in [0.15, 0.2) is 0 Å². The minimum absolute atomic E-state index is 0.475. The van der Waals surface area contributed by atoms with Gasteiger partial charge in [0.25, 0.3) is 6.43 Å². The van der Waals surface area contributed by atoms with E-state index in [4.69, 9.17) is 11.6 Å². The number of benzene rings is 1. The van der Waals surface area contributed by atoms with E-state index in [0.29, 0.717) is 6.07 Å². The van der Waals surface area contributed by atoms with E-state index in [9.17, 15) is 17.6 Å². The van der Waals surface area contributed by atoms with E-state index in [0.717, 1.165) is 0 Å². The maximum absolute atomic E-state index is 13.0. The van der Waals surface area contributed by atoms with Crippen LogP contribution in [0.2, 0.25) is 5.02 Å². The molecule has 0 heterocycles. The lowest BCUT2D eigenvalue weighted by atomic mass is 10.2. The van der Waals surface area contributed by atoms with Gasteiger partial charge in [0.2, 0.25) is 0 Å². The first kappa shape index (κ1) is 11.0. The number of rotatable bonds is 1. The van der Waals surface area contributed by atoms with E-state index >= 15 is 0 Å². The van der Waals surface area contributed by atoms with Crippen molar-refractivity contribution >= 4 is 34.2 Å². The Morgan fingerprint density at radius 3 is 2.31 bits per heavy atom. The maximum atomic E-state index is 13.0. The van der Waals surface area contributed by atoms with Crippen molar-refractivity contribution in [2.75, 3.05) is 0 Å². The van der Waals surface area contributed by atoms with Crippen molar-refractivity contribution in [2.24, 2.45) is 0 Å². The van der Waals surface area contributed by atoms with Crippen molar-refractivity contribution in [2.45, 2.75) is 6.43 Å². The van der Waals surface area contributed by atoms with Gasteiger partial charge in [-0.1, -0.05) is 11.6 Å². The Bertz CT molecular complexity index is 340. The van der Waals surface area contributed by atoms with Crippen molar-refractivity contribution in [3.05, 3.63) is 31.9 Å². The van der Waals surface area contributed by atoms with Gasteiger partial charge in [-0.2, -0.15) is 0 Å². The Labute approximate surface area is 90.0 Å². The van der Waals surface area contributed by atoms with Gasteiger partial charge in [-0.15, -0.1) is 0 Å². The minimum atomic E-state index is -3.04. The summed E-state index contributed by atoms with van der Waals surface area (Å²) < 4.78 is 49.5. The number of hydrogen-bond donors (Lipinski definition) is 0. The quantitative estimate of drug-likeness (QED) is 0.315. The second kappa shape index (κ2) is 4.00. The lowest BCUT2D eigenvalue weighted by molar-refractivity contribution is 0.146. The molecule has 0 bridgehead atoms. The van der Waals surface area contributed by atoms with Gasteiger partial charge in [-0.25, -0.2) is 17.6 Å². The molecule has 0 N–H and O–H groups in total. The summed E-state index contributed by atoms with van der Waals surface area (Å²) in [4.78, 5) is 0. The van der Waals surface area contributed by atoms with Gasteiger partial charge < -0.3 is 0 Å². The molecule has 0 aromatic heterocycles. The van der Waals surface area contributed by atoms with E-state index in [1.54, 1.807) is 0 Å². The highest BCUT2D eigenvalue weighted by molar-refractivity contribution is 14.1. The molecule has 1 rings (SSSR count). The lowest BCUT2D eigenvalue weighted by Gasteiger charge is -2.06. The Kier molecular flexibility index (Phi) is 3.39. The number of halogens is 6. The summed E-state index contributed by atoms with van der Waals surface area (Å²) in [5.41, 5.74) is -0.951. The predicted octanol–water partition coefficient (Wildman–Crippen LogP) is 4.16. The number of alkyl halides is 2. The Hall–Kier alpha value is -0.0400. The molecule has 6 heteroatoms. The second-order valence-electron chi connectivity index (χ2n) is 2.18. The minimum Gasteiger partial charge on any atom is -0.206 e. The fourth-order valence-corrected chi connectivity index (χ4v) is 1.49. The normalized spacial score (nSPS) is 11.0. The molecular weight excluding hydrogens is 322 g/mol. The standard InChI is InChI=1S/C7H2ClF4I/c8-2-1-3(9)6(13)5(10)4(2)7(11)12/h1,7H. The summed E-state index contributed by atoms with van der Waals surface area (Å²) in [6, 6.07) is 0.675. The van der Waals surface area contributed by atoms with Crippen LogP contribution in [0.3, 0.4) is 0 Å².